The van der Waals surface area contributed by atoms with Gasteiger partial charge in [-0.15, -0.1) is 10.2 Å². The van der Waals surface area contributed by atoms with Crippen LogP contribution in [0.15, 0.2) is 47.6 Å². The molecule has 1 heterocycles. The number of hydrogen-bond acceptors (Lipinski definition) is 4. The van der Waals surface area contributed by atoms with Gasteiger partial charge in [-0.05, 0) is 50.5 Å². The van der Waals surface area contributed by atoms with E-state index in [2.05, 4.69) is 30.1 Å². The van der Waals surface area contributed by atoms with Crippen molar-refractivity contribution in [3.63, 3.8) is 0 Å². The Labute approximate surface area is 158 Å². The highest BCUT2D eigenvalue weighted by Gasteiger charge is 2.21. The summed E-state index contributed by atoms with van der Waals surface area (Å²) in [6.07, 6.45) is 0. The largest absolute Gasteiger partial charge is 0.305 e. The minimum absolute atomic E-state index is 0.110. The van der Waals surface area contributed by atoms with Crippen LogP contribution in [0.3, 0.4) is 0 Å². The Kier molecular flexibility index (Phi) is 5.28. The standard InChI is InChI=1S/C21H23N3OS/c1-13-10-11-17(12-15(13)3)19(25)16(4)26-21-23-22-20(24(21)5)18-9-7-6-8-14(18)2/h6-12,16H,1-5H3/t16-/m1/s1. The summed E-state index contributed by atoms with van der Waals surface area (Å²) in [4.78, 5) is 12.8. The summed E-state index contributed by atoms with van der Waals surface area (Å²) in [5.41, 5.74) is 5.28. The Morgan fingerprint density at radius 2 is 1.73 bits per heavy atom. The third-order valence-electron chi connectivity index (χ3n) is 4.66. The highest BCUT2D eigenvalue weighted by molar-refractivity contribution is 8.00. The minimum atomic E-state index is -0.232. The highest BCUT2D eigenvalue weighted by Crippen LogP contribution is 2.28. The molecular formula is C21H23N3OS. The first-order chi connectivity index (χ1) is 12.4. The fourth-order valence-electron chi connectivity index (χ4n) is 2.82. The van der Waals surface area contributed by atoms with E-state index in [1.54, 1.807) is 0 Å². The van der Waals surface area contributed by atoms with Crippen LogP contribution in [-0.4, -0.2) is 25.8 Å². The Hall–Kier alpha value is -2.40. The number of aromatic nitrogens is 3. The number of Topliss-reactive ketones (excluding diaryl/α,β-unsaturated/α-hetero) is 1. The van der Waals surface area contributed by atoms with Gasteiger partial charge in [0, 0.05) is 18.2 Å². The molecule has 0 unspecified atom stereocenters. The molecule has 0 aliphatic rings. The quantitative estimate of drug-likeness (QED) is 0.483. The van der Waals surface area contributed by atoms with Gasteiger partial charge < -0.3 is 4.57 Å². The van der Waals surface area contributed by atoms with Gasteiger partial charge in [0.25, 0.3) is 0 Å². The van der Waals surface area contributed by atoms with Gasteiger partial charge >= 0.3 is 0 Å². The van der Waals surface area contributed by atoms with E-state index in [1.807, 2.05) is 61.9 Å². The summed E-state index contributed by atoms with van der Waals surface area (Å²) in [7, 11) is 1.94. The molecule has 0 amide bonds. The first kappa shape index (κ1) is 18.4. The van der Waals surface area contributed by atoms with Gasteiger partial charge in [-0.3, -0.25) is 4.79 Å². The zero-order chi connectivity index (χ0) is 18.8. The van der Waals surface area contributed by atoms with Crippen molar-refractivity contribution in [2.24, 2.45) is 7.05 Å². The number of nitrogens with zero attached hydrogens (tertiary/aromatic N) is 3. The van der Waals surface area contributed by atoms with Crippen molar-refractivity contribution in [3.05, 3.63) is 64.7 Å². The van der Waals surface area contributed by atoms with Gasteiger partial charge in [-0.2, -0.15) is 0 Å². The second-order valence-electron chi connectivity index (χ2n) is 6.60. The smallest absolute Gasteiger partial charge is 0.191 e. The van der Waals surface area contributed by atoms with Gasteiger partial charge in [-0.25, -0.2) is 0 Å². The van der Waals surface area contributed by atoms with Crippen LogP contribution in [0.2, 0.25) is 0 Å². The number of ketones is 1. The van der Waals surface area contributed by atoms with E-state index in [0.717, 1.165) is 33.2 Å². The van der Waals surface area contributed by atoms with Gasteiger partial charge in [0.2, 0.25) is 0 Å². The molecule has 3 rings (SSSR count). The molecule has 1 aromatic heterocycles. The normalized spacial score (nSPS) is 12.2. The average molecular weight is 366 g/mol. The average Bonchev–Trinajstić information content (AvgIpc) is 2.97. The maximum absolute atomic E-state index is 12.8. The van der Waals surface area contributed by atoms with E-state index in [-0.39, 0.29) is 11.0 Å². The van der Waals surface area contributed by atoms with Gasteiger partial charge in [0.05, 0.1) is 5.25 Å². The van der Waals surface area contributed by atoms with Crippen LogP contribution in [0, 0.1) is 20.8 Å². The molecule has 0 saturated heterocycles. The molecular weight excluding hydrogens is 342 g/mol. The predicted octanol–water partition coefficient (Wildman–Crippen LogP) is 4.77. The molecule has 1 atom stereocenters. The van der Waals surface area contributed by atoms with Gasteiger partial charge in [0.1, 0.15) is 0 Å². The second-order valence-corrected chi connectivity index (χ2v) is 7.91. The van der Waals surface area contributed by atoms with Crippen LogP contribution in [0.1, 0.15) is 34.0 Å². The van der Waals surface area contributed by atoms with E-state index in [4.69, 9.17) is 0 Å². The van der Waals surface area contributed by atoms with Gasteiger partial charge in [-0.1, -0.05) is 48.2 Å². The Morgan fingerprint density at radius 1 is 1.00 bits per heavy atom. The maximum atomic E-state index is 12.8. The fourth-order valence-corrected chi connectivity index (χ4v) is 3.71. The van der Waals surface area contributed by atoms with Crippen molar-refractivity contribution in [3.8, 4) is 11.4 Å². The monoisotopic (exact) mass is 365 g/mol. The minimum Gasteiger partial charge on any atom is -0.305 e. The van der Waals surface area contributed by atoms with Crippen LogP contribution < -0.4 is 0 Å². The molecule has 0 bridgehead atoms. The summed E-state index contributed by atoms with van der Waals surface area (Å²) in [6.45, 7) is 8.06. The predicted molar refractivity (Wildman–Crippen MR) is 107 cm³/mol. The maximum Gasteiger partial charge on any atom is 0.191 e. The number of rotatable bonds is 5. The van der Waals surface area contributed by atoms with Crippen molar-refractivity contribution < 1.29 is 4.79 Å². The Balaban J connectivity index is 1.82. The number of carbonyl (C=O) groups excluding carboxylic acids is 1. The van der Waals surface area contributed by atoms with Crippen LogP contribution in [-0.2, 0) is 7.05 Å². The summed E-state index contributed by atoms with van der Waals surface area (Å²) in [5.74, 6) is 0.926. The topological polar surface area (TPSA) is 47.8 Å². The van der Waals surface area contributed by atoms with Crippen LogP contribution in [0.4, 0.5) is 0 Å². The third-order valence-corrected chi connectivity index (χ3v) is 5.80. The summed E-state index contributed by atoms with van der Waals surface area (Å²) in [5, 5.41) is 9.15. The van der Waals surface area contributed by atoms with Crippen molar-refractivity contribution >= 4 is 17.5 Å². The van der Waals surface area contributed by atoms with Crippen LogP contribution in [0.25, 0.3) is 11.4 Å². The zero-order valence-electron chi connectivity index (χ0n) is 15.8. The SMILES string of the molecule is Cc1ccc(C(=O)[C@@H](C)Sc2nnc(-c3ccccc3C)n2C)cc1C. The fraction of sp³-hybridized carbons (Fsp3) is 0.286. The number of carbonyl (C=O) groups is 1. The molecule has 0 fully saturated rings. The summed E-state index contributed by atoms with van der Waals surface area (Å²) in [6, 6.07) is 14.0. The van der Waals surface area contributed by atoms with E-state index < -0.39 is 0 Å². The highest BCUT2D eigenvalue weighted by atomic mass is 32.2. The molecule has 0 spiro atoms. The van der Waals surface area contributed by atoms with Gasteiger partial charge in [0.15, 0.2) is 16.8 Å². The first-order valence-electron chi connectivity index (χ1n) is 8.62. The van der Waals surface area contributed by atoms with Crippen LogP contribution >= 0.6 is 11.8 Å². The Morgan fingerprint density at radius 3 is 2.42 bits per heavy atom. The first-order valence-corrected chi connectivity index (χ1v) is 9.50. The number of benzene rings is 2. The van der Waals surface area contributed by atoms with Crippen LogP contribution in [0.5, 0.6) is 0 Å². The van der Waals surface area contributed by atoms with E-state index in [1.165, 1.54) is 17.3 Å². The van der Waals surface area contributed by atoms with Crippen molar-refractivity contribution in [1.29, 1.82) is 0 Å². The lowest BCUT2D eigenvalue weighted by atomic mass is 10.0. The molecule has 0 aliphatic carbocycles. The number of aryl methyl sites for hydroxylation is 3. The molecule has 0 radical (unpaired) electrons. The zero-order valence-corrected chi connectivity index (χ0v) is 16.6. The molecule has 3 aromatic rings. The summed E-state index contributed by atoms with van der Waals surface area (Å²) >= 11 is 1.44. The third kappa shape index (κ3) is 3.58. The Bertz CT molecular complexity index is 962. The second kappa shape index (κ2) is 7.46. The van der Waals surface area contributed by atoms with E-state index >= 15 is 0 Å². The molecule has 2 aromatic carbocycles. The molecule has 134 valence electrons. The number of thioether (sulfide) groups is 1. The summed E-state index contributed by atoms with van der Waals surface area (Å²) < 4.78 is 1.96. The molecule has 4 nitrogen and oxygen atoms in total. The lowest BCUT2D eigenvalue weighted by Crippen LogP contribution is -2.14. The molecule has 5 heteroatoms. The molecule has 0 N–H and O–H groups in total. The van der Waals surface area contributed by atoms with Crippen molar-refractivity contribution in [2.45, 2.75) is 38.1 Å². The van der Waals surface area contributed by atoms with Crippen molar-refractivity contribution in [2.75, 3.05) is 0 Å². The molecule has 0 aliphatic heterocycles. The lowest BCUT2D eigenvalue weighted by Gasteiger charge is -2.11. The molecule has 0 saturated carbocycles. The lowest BCUT2D eigenvalue weighted by molar-refractivity contribution is 0.0993. The van der Waals surface area contributed by atoms with E-state index in [9.17, 15) is 4.79 Å². The van der Waals surface area contributed by atoms with Crippen molar-refractivity contribution in [1.82, 2.24) is 14.8 Å². The van der Waals surface area contributed by atoms with E-state index in [0.29, 0.717) is 0 Å². The number of hydrogen-bond donors (Lipinski definition) is 0. The molecule has 26 heavy (non-hydrogen) atoms.